The van der Waals surface area contributed by atoms with E-state index >= 15 is 0 Å². The van der Waals surface area contributed by atoms with Crippen LogP contribution in [0.3, 0.4) is 0 Å². The van der Waals surface area contributed by atoms with Gasteiger partial charge in [0.2, 0.25) is 0 Å². The molecule has 0 atom stereocenters. The van der Waals surface area contributed by atoms with Gasteiger partial charge < -0.3 is 0 Å². The first-order valence-corrected chi connectivity index (χ1v) is 8.16. The van der Waals surface area contributed by atoms with Gasteiger partial charge in [-0.25, -0.2) is 0 Å². The predicted molar refractivity (Wildman–Crippen MR) is 102 cm³/mol. The predicted octanol–water partition coefficient (Wildman–Crippen LogP) is 6.21. The number of benzene rings is 4. The van der Waals surface area contributed by atoms with Gasteiger partial charge in [-0.15, -0.1) is 0 Å². The summed E-state index contributed by atoms with van der Waals surface area (Å²) in [6, 6.07) is 30.0. The zero-order valence-corrected chi connectivity index (χ0v) is 13.1. The molecule has 1 heteroatoms. The minimum Gasteiger partial charge on any atom is -0.256 e. The summed E-state index contributed by atoms with van der Waals surface area (Å²) in [6.07, 6.45) is 1.88. The van der Waals surface area contributed by atoms with Crippen molar-refractivity contribution in [3.8, 4) is 11.1 Å². The summed E-state index contributed by atoms with van der Waals surface area (Å²) in [7, 11) is 0. The van der Waals surface area contributed by atoms with E-state index in [1.54, 1.807) is 0 Å². The van der Waals surface area contributed by atoms with Crippen molar-refractivity contribution in [1.29, 1.82) is 0 Å². The fourth-order valence-electron chi connectivity index (χ4n) is 3.60. The molecule has 0 amide bonds. The van der Waals surface area contributed by atoms with E-state index in [9.17, 15) is 0 Å². The van der Waals surface area contributed by atoms with Crippen molar-refractivity contribution in [2.45, 2.75) is 0 Å². The van der Waals surface area contributed by atoms with E-state index in [4.69, 9.17) is 4.98 Å². The van der Waals surface area contributed by atoms with Crippen LogP contribution < -0.4 is 0 Å². The Labute approximate surface area is 140 Å². The molecule has 0 N–H and O–H groups in total. The van der Waals surface area contributed by atoms with Crippen molar-refractivity contribution in [3.05, 3.63) is 91.1 Å². The van der Waals surface area contributed by atoms with E-state index in [0.29, 0.717) is 0 Å². The van der Waals surface area contributed by atoms with Crippen LogP contribution in [-0.4, -0.2) is 4.98 Å². The minimum absolute atomic E-state index is 1.06. The Bertz CT molecular complexity index is 1150. The third kappa shape index (κ3) is 1.92. The van der Waals surface area contributed by atoms with E-state index in [1.807, 2.05) is 12.3 Å². The van der Waals surface area contributed by atoms with Gasteiger partial charge in [0.05, 0.1) is 5.52 Å². The third-order valence-electron chi connectivity index (χ3n) is 4.68. The number of fused-ring (bicyclic) bond motifs is 3. The van der Waals surface area contributed by atoms with E-state index in [0.717, 1.165) is 5.52 Å². The molecule has 0 aliphatic rings. The first-order valence-electron chi connectivity index (χ1n) is 8.16. The smallest absolute Gasteiger partial charge is 0.0786 e. The maximum Gasteiger partial charge on any atom is 0.0786 e. The van der Waals surface area contributed by atoms with E-state index in [-0.39, 0.29) is 0 Å². The zero-order chi connectivity index (χ0) is 15.9. The summed E-state index contributed by atoms with van der Waals surface area (Å²) in [6.45, 7) is 0. The van der Waals surface area contributed by atoms with Crippen LogP contribution in [-0.2, 0) is 0 Å². The van der Waals surface area contributed by atoms with Gasteiger partial charge in [0.25, 0.3) is 0 Å². The standard InChI is InChI=1S/C23H15N/c1-3-11-19-16(7-1)9-5-13-21(19)22-20-12-4-2-8-17(20)15-18-10-6-14-24-23(18)22/h1-15H. The Morgan fingerprint density at radius 3 is 2.17 bits per heavy atom. The molecule has 0 radical (unpaired) electrons. The average molecular weight is 305 g/mol. The molecule has 0 aliphatic carbocycles. The summed E-state index contributed by atoms with van der Waals surface area (Å²) in [5.74, 6) is 0. The zero-order valence-electron chi connectivity index (χ0n) is 13.1. The van der Waals surface area contributed by atoms with Crippen molar-refractivity contribution in [2.75, 3.05) is 0 Å². The summed E-state index contributed by atoms with van der Waals surface area (Å²) in [4.78, 5) is 4.71. The molecule has 1 heterocycles. The Kier molecular flexibility index (Phi) is 2.86. The molecular formula is C23H15N. The van der Waals surface area contributed by atoms with Gasteiger partial charge >= 0.3 is 0 Å². The first kappa shape index (κ1) is 13.3. The number of rotatable bonds is 1. The molecule has 112 valence electrons. The quantitative estimate of drug-likeness (QED) is 0.336. The van der Waals surface area contributed by atoms with Crippen LogP contribution in [0.1, 0.15) is 0 Å². The number of hydrogen-bond acceptors (Lipinski definition) is 1. The van der Waals surface area contributed by atoms with E-state index < -0.39 is 0 Å². The average Bonchev–Trinajstić information content (AvgIpc) is 2.66. The fraction of sp³-hybridized carbons (Fsp3) is 0. The monoisotopic (exact) mass is 305 g/mol. The van der Waals surface area contributed by atoms with Crippen LogP contribution in [0.2, 0.25) is 0 Å². The highest BCUT2D eigenvalue weighted by Gasteiger charge is 2.12. The molecule has 1 nitrogen and oxygen atoms in total. The summed E-state index contributed by atoms with van der Waals surface area (Å²) >= 11 is 0. The molecule has 0 bridgehead atoms. The summed E-state index contributed by atoms with van der Waals surface area (Å²) in [5.41, 5.74) is 3.53. The molecule has 5 aromatic rings. The minimum atomic E-state index is 1.06. The van der Waals surface area contributed by atoms with Crippen LogP contribution in [0, 0.1) is 0 Å². The molecule has 5 rings (SSSR count). The normalized spacial score (nSPS) is 11.3. The highest BCUT2D eigenvalue weighted by Crippen LogP contribution is 2.38. The molecular weight excluding hydrogens is 290 g/mol. The second-order valence-electron chi connectivity index (χ2n) is 6.07. The van der Waals surface area contributed by atoms with Crippen LogP contribution in [0.25, 0.3) is 43.6 Å². The van der Waals surface area contributed by atoms with Gasteiger partial charge in [0.15, 0.2) is 0 Å². The molecule has 0 saturated carbocycles. The highest BCUT2D eigenvalue weighted by atomic mass is 14.7. The van der Waals surface area contributed by atoms with Crippen molar-refractivity contribution >= 4 is 32.4 Å². The number of hydrogen-bond donors (Lipinski definition) is 0. The van der Waals surface area contributed by atoms with Gasteiger partial charge in [0.1, 0.15) is 0 Å². The number of nitrogens with zero attached hydrogens (tertiary/aromatic N) is 1. The topological polar surface area (TPSA) is 12.9 Å². The molecule has 0 fully saturated rings. The van der Waals surface area contributed by atoms with Crippen LogP contribution in [0.15, 0.2) is 91.1 Å². The lowest BCUT2D eigenvalue weighted by Crippen LogP contribution is -1.89. The molecule has 0 saturated heterocycles. The van der Waals surface area contributed by atoms with Gasteiger partial charge in [-0.1, -0.05) is 72.8 Å². The molecule has 24 heavy (non-hydrogen) atoms. The summed E-state index contributed by atoms with van der Waals surface area (Å²) in [5, 5.41) is 6.20. The molecule has 1 aromatic heterocycles. The van der Waals surface area contributed by atoms with Crippen LogP contribution in [0.5, 0.6) is 0 Å². The lowest BCUT2D eigenvalue weighted by molar-refractivity contribution is 1.42. The van der Waals surface area contributed by atoms with Crippen LogP contribution in [0.4, 0.5) is 0 Å². The Morgan fingerprint density at radius 2 is 1.25 bits per heavy atom. The fourth-order valence-corrected chi connectivity index (χ4v) is 3.60. The van der Waals surface area contributed by atoms with Crippen molar-refractivity contribution in [2.24, 2.45) is 0 Å². The largest absolute Gasteiger partial charge is 0.256 e. The number of pyridine rings is 1. The molecule has 0 unspecified atom stereocenters. The van der Waals surface area contributed by atoms with Crippen molar-refractivity contribution in [3.63, 3.8) is 0 Å². The number of aromatic nitrogens is 1. The van der Waals surface area contributed by atoms with Crippen LogP contribution >= 0.6 is 0 Å². The maximum atomic E-state index is 4.71. The third-order valence-corrected chi connectivity index (χ3v) is 4.68. The van der Waals surface area contributed by atoms with Gasteiger partial charge in [0, 0.05) is 17.1 Å². The SMILES string of the molecule is c1ccc2c(-c3c4ccccc4cc4cccnc34)cccc2c1. The van der Waals surface area contributed by atoms with Gasteiger partial charge in [-0.05, 0) is 39.2 Å². The first-order chi connectivity index (χ1) is 11.9. The second kappa shape index (κ2) is 5.17. The van der Waals surface area contributed by atoms with Crippen molar-refractivity contribution < 1.29 is 0 Å². The van der Waals surface area contributed by atoms with Gasteiger partial charge in [-0.3, -0.25) is 4.98 Å². The highest BCUT2D eigenvalue weighted by molar-refractivity contribution is 6.15. The molecule has 4 aromatic carbocycles. The Hall–Kier alpha value is -3.19. The van der Waals surface area contributed by atoms with Gasteiger partial charge in [-0.2, -0.15) is 0 Å². The lowest BCUT2D eigenvalue weighted by atomic mass is 9.91. The maximum absolute atomic E-state index is 4.71. The molecule has 0 spiro atoms. The lowest BCUT2D eigenvalue weighted by Gasteiger charge is -2.13. The van der Waals surface area contributed by atoms with Crippen molar-refractivity contribution in [1.82, 2.24) is 4.98 Å². The Morgan fingerprint density at radius 1 is 0.542 bits per heavy atom. The Balaban J connectivity index is 2.04. The second-order valence-corrected chi connectivity index (χ2v) is 6.07. The summed E-state index contributed by atoms with van der Waals surface area (Å²) < 4.78 is 0. The van der Waals surface area contributed by atoms with E-state index in [2.05, 4.69) is 78.9 Å². The molecule has 0 aliphatic heterocycles. The van der Waals surface area contributed by atoms with E-state index in [1.165, 1.54) is 38.1 Å².